The molecule has 2 aromatic rings. The molecule has 0 fully saturated rings. The summed E-state index contributed by atoms with van der Waals surface area (Å²) in [6, 6.07) is 10.2. The third kappa shape index (κ3) is 3.47. The standard InChI is InChI=1S/C12H15N3O/c1-2-5-12(6-3-1)9-16-8-4-7-15-11-13-10-14-15/h1-3,5-6,10-11H,4,7-9H2. The highest BCUT2D eigenvalue weighted by atomic mass is 16.5. The van der Waals surface area contributed by atoms with E-state index in [0.717, 1.165) is 19.6 Å². The fourth-order valence-electron chi connectivity index (χ4n) is 1.44. The van der Waals surface area contributed by atoms with Crippen LogP contribution in [0.15, 0.2) is 43.0 Å². The summed E-state index contributed by atoms with van der Waals surface area (Å²) in [6.07, 6.45) is 4.22. The lowest BCUT2D eigenvalue weighted by Crippen LogP contribution is -2.03. The Balaban J connectivity index is 1.59. The topological polar surface area (TPSA) is 39.9 Å². The van der Waals surface area contributed by atoms with E-state index in [-0.39, 0.29) is 0 Å². The Kier molecular flexibility index (Phi) is 4.08. The van der Waals surface area contributed by atoms with Crippen LogP contribution in [0, 0.1) is 0 Å². The molecule has 1 heterocycles. The van der Waals surface area contributed by atoms with Crippen LogP contribution in [-0.2, 0) is 17.9 Å². The first-order valence-corrected chi connectivity index (χ1v) is 5.39. The van der Waals surface area contributed by atoms with Crippen LogP contribution in [0.4, 0.5) is 0 Å². The monoisotopic (exact) mass is 217 g/mol. The summed E-state index contributed by atoms with van der Waals surface area (Å²) in [6.45, 7) is 2.28. The van der Waals surface area contributed by atoms with Crippen molar-refractivity contribution < 1.29 is 4.74 Å². The number of nitrogens with zero attached hydrogens (tertiary/aromatic N) is 3. The molecule has 4 nitrogen and oxygen atoms in total. The lowest BCUT2D eigenvalue weighted by molar-refractivity contribution is 0.115. The van der Waals surface area contributed by atoms with Gasteiger partial charge in [0.25, 0.3) is 0 Å². The highest BCUT2D eigenvalue weighted by Gasteiger charge is 1.93. The molecule has 0 spiro atoms. The van der Waals surface area contributed by atoms with E-state index in [4.69, 9.17) is 4.74 Å². The van der Waals surface area contributed by atoms with E-state index >= 15 is 0 Å². The van der Waals surface area contributed by atoms with Crippen LogP contribution in [-0.4, -0.2) is 21.4 Å². The minimum atomic E-state index is 0.679. The molecule has 1 aromatic carbocycles. The molecular formula is C12H15N3O. The Bertz CT molecular complexity index is 386. The third-order valence-electron chi connectivity index (χ3n) is 2.25. The molecule has 1 aromatic heterocycles. The zero-order valence-electron chi connectivity index (χ0n) is 9.12. The van der Waals surface area contributed by atoms with Gasteiger partial charge in [0.2, 0.25) is 0 Å². The summed E-state index contributed by atoms with van der Waals surface area (Å²) in [5.74, 6) is 0. The van der Waals surface area contributed by atoms with Crippen LogP contribution >= 0.6 is 0 Å². The Morgan fingerprint density at radius 1 is 1.19 bits per heavy atom. The number of ether oxygens (including phenoxy) is 1. The van der Waals surface area contributed by atoms with Gasteiger partial charge in [-0.3, -0.25) is 4.68 Å². The van der Waals surface area contributed by atoms with E-state index in [1.165, 1.54) is 5.56 Å². The molecule has 0 amide bonds. The van der Waals surface area contributed by atoms with Crippen LogP contribution in [0.25, 0.3) is 0 Å². The van der Waals surface area contributed by atoms with Gasteiger partial charge in [0.1, 0.15) is 12.7 Å². The van der Waals surface area contributed by atoms with Gasteiger partial charge in [-0.05, 0) is 12.0 Å². The zero-order valence-corrected chi connectivity index (χ0v) is 9.12. The summed E-state index contributed by atoms with van der Waals surface area (Å²) < 4.78 is 7.37. The van der Waals surface area contributed by atoms with Crippen molar-refractivity contribution in [3.8, 4) is 0 Å². The van der Waals surface area contributed by atoms with Crippen molar-refractivity contribution in [3.05, 3.63) is 48.5 Å². The van der Waals surface area contributed by atoms with E-state index < -0.39 is 0 Å². The summed E-state index contributed by atoms with van der Waals surface area (Å²) in [7, 11) is 0. The van der Waals surface area contributed by atoms with Crippen molar-refractivity contribution >= 4 is 0 Å². The van der Waals surface area contributed by atoms with Gasteiger partial charge in [-0.1, -0.05) is 30.3 Å². The molecule has 0 aliphatic heterocycles. The molecule has 0 unspecified atom stereocenters. The van der Waals surface area contributed by atoms with Crippen molar-refractivity contribution in [2.45, 2.75) is 19.6 Å². The Morgan fingerprint density at radius 2 is 2.06 bits per heavy atom. The molecule has 0 aliphatic rings. The lowest BCUT2D eigenvalue weighted by atomic mass is 10.2. The average Bonchev–Trinajstić information content (AvgIpc) is 2.83. The molecule has 0 aliphatic carbocycles. The number of aromatic nitrogens is 3. The van der Waals surface area contributed by atoms with Crippen LogP contribution in [0.3, 0.4) is 0 Å². The van der Waals surface area contributed by atoms with Gasteiger partial charge in [0.05, 0.1) is 6.61 Å². The SMILES string of the molecule is c1ccc(COCCCn2cncn2)cc1. The zero-order chi connectivity index (χ0) is 11.1. The van der Waals surface area contributed by atoms with Gasteiger partial charge in [0.15, 0.2) is 0 Å². The molecule has 84 valence electrons. The molecule has 0 atom stereocenters. The van der Waals surface area contributed by atoms with Crippen LogP contribution in [0.1, 0.15) is 12.0 Å². The number of rotatable bonds is 6. The minimum absolute atomic E-state index is 0.679. The maximum Gasteiger partial charge on any atom is 0.137 e. The van der Waals surface area contributed by atoms with E-state index in [9.17, 15) is 0 Å². The fourth-order valence-corrected chi connectivity index (χ4v) is 1.44. The smallest absolute Gasteiger partial charge is 0.137 e. The minimum Gasteiger partial charge on any atom is -0.377 e. The van der Waals surface area contributed by atoms with Gasteiger partial charge >= 0.3 is 0 Å². The van der Waals surface area contributed by atoms with Crippen molar-refractivity contribution in [3.63, 3.8) is 0 Å². The first kappa shape index (κ1) is 10.8. The summed E-state index contributed by atoms with van der Waals surface area (Å²) in [4.78, 5) is 3.88. The van der Waals surface area contributed by atoms with Crippen LogP contribution in [0.2, 0.25) is 0 Å². The van der Waals surface area contributed by atoms with Gasteiger partial charge in [-0.15, -0.1) is 0 Å². The first-order valence-electron chi connectivity index (χ1n) is 5.39. The Morgan fingerprint density at radius 3 is 2.81 bits per heavy atom. The van der Waals surface area contributed by atoms with Crippen LogP contribution < -0.4 is 0 Å². The van der Waals surface area contributed by atoms with E-state index in [0.29, 0.717) is 6.61 Å². The second kappa shape index (κ2) is 6.02. The molecule has 16 heavy (non-hydrogen) atoms. The Labute approximate surface area is 94.9 Å². The molecule has 0 saturated heterocycles. The normalized spacial score (nSPS) is 10.5. The predicted molar refractivity (Wildman–Crippen MR) is 60.7 cm³/mol. The van der Waals surface area contributed by atoms with E-state index in [2.05, 4.69) is 22.2 Å². The van der Waals surface area contributed by atoms with Gasteiger partial charge in [-0.2, -0.15) is 5.10 Å². The van der Waals surface area contributed by atoms with Crippen molar-refractivity contribution in [2.75, 3.05) is 6.61 Å². The second-order valence-corrected chi connectivity index (χ2v) is 3.55. The average molecular weight is 217 g/mol. The number of hydrogen-bond acceptors (Lipinski definition) is 3. The number of hydrogen-bond donors (Lipinski definition) is 0. The first-order chi connectivity index (χ1) is 7.95. The van der Waals surface area contributed by atoms with Crippen molar-refractivity contribution in [1.82, 2.24) is 14.8 Å². The predicted octanol–water partition coefficient (Wildman–Crippen LogP) is 1.88. The molecular weight excluding hydrogens is 202 g/mol. The summed E-state index contributed by atoms with van der Waals surface area (Å²) in [5.41, 5.74) is 1.21. The molecule has 2 rings (SSSR count). The van der Waals surface area contributed by atoms with Crippen molar-refractivity contribution in [2.24, 2.45) is 0 Å². The van der Waals surface area contributed by atoms with E-state index in [1.807, 2.05) is 22.9 Å². The van der Waals surface area contributed by atoms with Gasteiger partial charge in [0, 0.05) is 13.2 Å². The molecule has 0 N–H and O–H groups in total. The molecule has 0 saturated carbocycles. The maximum atomic E-state index is 5.56. The van der Waals surface area contributed by atoms with Crippen molar-refractivity contribution in [1.29, 1.82) is 0 Å². The molecule has 0 bridgehead atoms. The fraction of sp³-hybridized carbons (Fsp3) is 0.333. The highest BCUT2D eigenvalue weighted by molar-refractivity contribution is 5.13. The summed E-state index contributed by atoms with van der Waals surface area (Å²) in [5, 5.41) is 4.02. The maximum absolute atomic E-state index is 5.56. The van der Waals surface area contributed by atoms with Gasteiger partial charge < -0.3 is 4.74 Å². The second-order valence-electron chi connectivity index (χ2n) is 3.55. The lowest BCUT2D eigenvalue weighted by Gasteiger charge is -2.04. The quantitative estimate of drug-likeness (QED) is 0.694. The molecule has 4 heteroatoms. The number of aryl methyl sites for hydroxylation is 1. The Hall–Kier alpha value is -1.68. The third-order valence-corrected chi connectivity index (χ3v) is 2.25. The largest absolute Gasteiger partial charge is 0.377 e. The summed E-state index contributed by atoms with van der Waals surface area (Å²) >= 11 is 0. The van der Waals surface area contributed by atoms with Gasteiger partial charge in [-0.25, -0.2) is 4.98 Å². The van der Waals surface area contributed by atoms with Crippen LogP contribution in [0.5, 0.6) is 0 Å². The highest BCUT2D eigenvalue weighted by Crippen LogP contribution is 2.00. The van der Waals surface area contributed by atoms with E-state index in [1.54, 1.807) is 12.7 Å². The number of benzene rings is 1. The molecule has 0 radical (unpaired) electrons.